The number of aromatic amines is 1. The molecule has 2 aromatic rings. The van der Waals surface area contributed by atoms with E-state index in [2.05, 4.69) is 4.98 Å². The highest BCUT2D eigenvalue weighted by Gasteiger charge is 2.05. The van der Waals surface area contributed by atoms with Crippen molar-refractivity contribution in [3.8, 4) is 5.75 Å². The first-order valence-electron chi connectivity index (χ1n) is 5.18. The molecule has 1 aromatic heterocycles. The summed E-state index contributed by atoms with van der Waals surface area (Å²) in [5, 5.41) is 0. The summed E-state index contributed by atoms with van der Waals surface area (Å²) in [6, 6.07) is 8.33. The lowest BCUT2D eigenvalue weighted by Gasteiger charge is -2.04. The molecular formula is C13H12FNO2. The zero-order valence-corrected chi connectivity index (χ0v) is 9.37. The highest BCUT2D eigenvalue weighted by molar-refractivity contribution is 5.72. The fourth-order valence-corrected chi connectivity index (χ4v) is 1.67. The maximum Gasteiger partial charge on any atom is 0.166 e. The van der Waals surface area contributed by atoms with E-state index in [1.165, 1.54) is 13.2 Å². The molecular weight excluding hydrogens is 221 g/mol. The second-order valence-corrected chi connectivity index (χ2v) is 3.70. The first kappa shape index (κ1) is 11.4. The van der Waals surface area contributed by atoms with E-state index in [1.807, 2.05) is 6.07 Å². The third-order valence-electron chi connectivity index (χ3n) is 2.51. The quantitative estimate of drug-likeness (QED) is 0.824. The van der Waals surface area contributed by atoms with Crippen LogP contribution in [0.2, 0.25) is 0 Å². The number of nitrogens with one attached hydrogen (secondary N) is 1. The number of carbonyl (C=O) groups excluding carboxylic acids is 1. The van der Waals surface area contributed by atoms with E-state index in [1.54, 1.807) is 18.2 Å². The maximum absolute atomic E-state index is 13.4. The zero-order chi connectivity index (χ0) is 12.3. The number of methoxy groups -OCH3 is 1. The van der Waals surface area contributed by atoms with Gasteiger partial charge in [0.05, 0.1) is 12.8 Å². The van der Waals surface area contributed by atoms with Crippen LogP contribution in [0.1, 0.15) is 21.7 Å². The number of benzene rings is 1. The molecule has 0 saturated carbocycles. The topological polar surface area (TPSA) is 42.1 Å². The van der Waals surface area contributed by atoms with Gasteiger partial charge in [0.15, 0.2) is 17.9 Å². The maximum atomic E-state index is 13.4. The SMILES string of the molecule is COc1ccc(Cc2ccc(C=O)[nH]2)cc1F. The molecule has 0 aliphatic heterocycles. The number of H-pyrrole nitrogens is 1. The number of carbonyl (C=O) groups is 1. The summed E-state index contributed by atoms with van der Waals surface area (Å²) in [6.45, 7) is 0. The van der Waals surface area contributed by atoms with Crippen molar-refractivity contribution in [2.45, 2.75) is 6.42 Å². The summed E-state index contributed by atoms with van der Waals surface area (Å²) in [5.74, 6) is -0.152. The smallest absolute Gasteiger partial charge is 0.166 e. The van der Waals surface area contributed by atoms with Crippen molar-refractivity contribution in [2.24, 2.45) is 0 Å². The molecule has 17 heavy (non-hydrogen) atoms. The van der Waals surface area contributed by atoms with Crippen LogP contribution in [0.15, 0.2) is 30.3 Å². The second-order valence-electron chi connectivity index (χ2n) is 3.70. The highest BCUT2D eigenvalue weighted by Crippen LogP contribution is 2.19. The summed E-state index contributed by atoms with van der Waals surface area (Å²) in [4.78, 5) is 13.4. The number of aromatic nitrogens is 1. The van der Waals surface area contributed by atoms with Crippen molar-refractivity contribution in [3.05, 3.63) is 53.1 Å². The minimum absolute atomic E-state index is 0.230. The van der Waals surface area contributed by atoms with E-state index in [-0.39, 0.29) is 11.6 Å². The lowest BCUT2D eigenvalue weighted by Crippen LogP contribution is -1.93. The van der Waals surface area contributed by atoms with Gasteiger partial charge in [-0.25, -0.2) is 4.39 Å². The Morgan fingerprint density at radius 3 is 2.76 bits per heavy atom. The fourth-order valence-electron chi connectivity index (χ4n) is 1.67. The summed E-state index contributed by atoms with van der Waals surface area (Å²) < 4.78 is 18.3. The number of halogens is 1. The van der Waals surface area contributed by atoms with Gasteiger partial charge in [-0.2, -0.15) is 0 Å². The number of hydrogen-bond acceptors (Lipinski definition) is 2. The van der Waals surface area contributed by atoms with Gasteiger partial charge in [0, 0.05) is 12.1 Å². The zero-order valence-electron chi connectivity index (χ0n) is 9.37. The molecule has 1 heterocycles. The van der Waals surface area contributed by atoms with Crippen molar-refractivity contribution in [3.63, 3.8) is 0 Å². The second kappa shape index (κ2) is 4.82. The minimum atomic E-state index is -0.382. The molecule has 0 unspecified atom stereocenters. The number of ether oxygens (including phenoxy) is 1. The molecule has 0 bridgehead atoms. The van der Waals surface area contributed by atoms with Crippen molar-refractivity contribution in [1.82, 2.24) is 4.98 Å². The monoisotopic (exact) mass is 233 g/mol. The van der Waals surface area contributed by atoms with Crippen LogP contribution in [0.5, 0.6) is 5.75 Å². The Kier molecular flexibility index (Phi) is 3.23. The van der Waals surface area contributed by atoms with Gasteiger partial charge in [-0.1, -0.05) is 6.07 Å². The molecule has 0 spiro atoms. The first-order chi connectivity index (χ1) is 8.22. The summed E-state index contributed by atoms with van der Waals surface area (Å²) in [7, 11) is 1.43. The summed E-state index contributed by atoms with van der Waals surface area (Å²) >= 11 is 0. The van der Waals surface area contributed by atoms with E-state index >= 15 is 0 Å². The third-order valence-corrected chi connectivity index (χ3v) is 2.51. The van der Waals surface area contributed by atoms with Gasteiger partial charge in [-0.3, -0.25) is 4.79 Å². The van der Waals surface area contributed by atoms with Gasteiger partial charge in [-0.05, 0) is 29.8 Å². The molecule has 0 saturated heterocycles. The van der Waals surface area contributed by atoms with Gasteiger partial charge in [0.1, 0.15) is 0 Å². The van der Waals surface area contributed by atoms with Gasteiger partial charge in [0.2, 0.25) is 0 Å². The van der Waals surface area contributed by atoms with Crippen LogP contribution in [-0.4, -0.2) is 18.4 Å². The summed E-state index contributed by atoms with van der Waals surface area (Å²) in [5.41, 5.74) is 2.22. The highest BCUT2D eigenvalue weighted by atomic mass is 19.1. The Hall–Kier alpha value is -2.10. The molecule has 1 aromatic carbocycles. The van der Waals surface area contributed by atoms with Crippen LogP contribution in [-0.2, 0) is 6.42 Å². The molecule has 3 nitrogen and oxygen atoms in total. The van der Waals surface area contributed by atoms with Gasteiger partial charge in [-0.15, -0.1) is 0 Å². The number of rotatable bonds is 4. The molecule has 88 valence electrons. The Morgan fingerprint density at radius 1 is 1.35 bits per heavy atom. The fraction of sp³-hybridized carbons (Fsp3) is 0.154. The van der Waals surface area contributed by atoms with Crippen LogP contribution in [0.4, 0.5) is 4.39 Å². The van der Waals surface area contributed by atoms with Gasteiger partial charge >= 0.3 is 0 Å². The predicted molar refractivity (Wildman–Crippen MR) is 61.9 cm³/mol. The van der Waals surface area contributed by atoms with Crippen molar-refractivity contribution in [2.75, 3.05) is 7.11 Å². The van der Waals surface area contributed by atoms with E-state index in [0.29, 0.717) is 12.1 Å². The minimum Gasteiger partial charge on any atom is -0.494 e. The number of hydrogen-bond donors (Lipinski definition) is 1. The van der Waals surface area contributed by atoms with Crippen molar-refractivity contribution in [1.29, 1.82) is 0 Å². The molecule has 0 aliphatic carbocycles. The Balaban J connectivity index is 2.18. The Bertz CT molecular complexity index is 534. The van der Waals surface area contributed by atoms with Crippen LogP contribution in [0.3, 0.4) is 0 Å². The van der Waals surface area contributed by atoms with Gasteiger partial charge < -0.3 is 9.72 Å². The third kappa shape index (κ3) is 2.53. The molecule has 4 heteroatoms. The predicted octanol–water partition coefficient (Wildman–Crippen LogP) is 2.57. The first-order valence-corrected chi connectivity index (χ1v) is 5.18. The van der Waals surface area contributed by atoms with E-state index < -0.39 is 0 Å². The molecule has 0 amide bonds. The molecule has 1 N–H and O–H groups in total. The molecule has 0 aliphatic rings. The molecule has 0 atom stereocenters. The Labute approximate surface area is 98.2 Å². The van der Waals surface area contributed by atoms with E-state index in [0.717, 1.165) is 17.5 Å². The van der Waals surface area contributed by atoms with Crippen LogP contribution < -0.4 is 4.74 Å². The van der Waals surface area contributed by atoms with E-state index in [9.17, 15) is 9.18 Å². The standard InChI is InChI=1S/C13H12FNO2/c1-17-13-5-2-9(7-12(13)14)6-10-3-4-11(8-16)15-10/h2-5,7-8,15H,6H2,1H3. The molecule has 0 fully saturated rings. The van der Waals surface area contributed by atoms with Gasteiger partial charge in [0.25, 0.3) is 0 Å². The number of aldehydes is 1. The summed E-state index contributed by atoms with van der Waals surface area (Å²) in [6.07, 6.45) is 1.30. The average Bonchev–Trinajstić information content (AvgIpc) is 2.77. The molecule has 0 radical (unpaired) electrons. The largest absolute Gasteiger partial charge is 0.494 e. The lowest BCUT2D eigenvalue weighted by molar-refractivity contribution is 0.111. The molecule has 2 rings (SSSR count). The van der Waals surface area contributed by atoms with Crippen molar-refractivity contribution < 1.29 is 13.9 Å². The lowest BCUT2D eigenvalue weighted by atomic mass is 10.1. The van der Waals surface area contributed by atoms with E-state index in [4.69, 9.17) is 4.74 Å². The van der Waals surface area contributed by atoms with Crippen LogP contribution >= 0.6 is 0 Å². The normalized spacial score (nSPS) is 10.2. The Morgan fingerprint density at radius 2 is 2.18 bits per heavy atom. The van der Waals surface area contributed by atoms with Crippen LogP contribution in [0, 0.1) is 5.82 Å². The van der Waals surface area contributed by atoms with Crippen LogP contribution in [0.25, 0.3) is 0 Å². The van der Waals surface area contributed by atoms with Crippen molar-refractivity contribution >= 4 is 6.29 Å². The average molecular weight is 233 g/mol.